The molecule has 0 saturated heterocycles. The van der Waals surface area contributed by atoms with E-state index in [1.807, 2.05) is 6.07 Å². The fraction of sp³-hybridized carbons (Fsp3) is 0.471. The zero-order valence-electron chi connectivity index (χ0n) is 12.8. The van der Waals surface area contributed by atoms with Gasteiger partial charge in [0.15, 0.2) is 0 Å². The van der Waals surface area contributed by atoms with Gasteiger partial charge in [0.1, 0.15) is 0 Å². The highest BCUT2D eigenvalue weighted by Crippen LogP contribution is 2.12. The fourth-order valence-corrected chi connectivity index (χ4v) is 2.21. The van der Waals surface area contributed by atoms with Crippen LogP contribution in [0.4, 0.5) is 0 Å². The SMILES string of the molecule is CC(C)CNCCN(C)Cc1ccc2ccccc2n1. The van der Waals surface area contributed by atoms with Gasteiger partial charge < -0.3 is 5.32 Å². The van der Waals surface area contributed by atoms with Gasteiger partial charge in [-0.3, -0.25) is 9.88 Å². The molecule has 1 heterocycles. The second-order valence-corrected chi connectivity index (χ2v) is 5.83. The second-order valence-electron chi connectivity index (χ2n) is 5.83. The van der Waals surface area contributed by atoms with Crippen LogP contribution in [0.1, 0.15) is 19.5 Å². The minimum absolute atomic E-state index is 0.711. The Morgan fingerprint density at radius 3 is 2.75 bits per heavy atom. The van der Waals surface area contributed by atoms with Gasteiger partial charge in [0.2, 0.25) is 0 Å². The van der Waals surface area contributed by atoms with Crippen molar-refractivity contribution >= 4 is 10.9 Å². The van der Waals surface area contributed by atoms with Crippen molar-refractivity contribution in [3.63, 3.8) is 0 Å². The molecule has 0 aliphatic carbocycles. The highest BCUT2D eigenvalue weighted by molar-refractivity contribution is 5.78. The van der Waals surface area contributed by atoms with Gasteiger partial charge in [-0.15, -0.1) is 0 Å². The first-order valence-corrected chi connectivity index (χ1v) is 7.39. The molecular formula is C17H25N3. The number of hydrogen-bond donors (Lipinski definition) is 1. The molecule has 0 saturated carbocycles. The number of likely N-dealkylation sites (N-methyl/N-ethyl adjacent to an activating group) is 1. The number of rotatable bonds is 7. The average Bonchev–Trinajstić information content (AvgIpc) is 2.43. The van der Waals surface area contributed by atoms with Gasteiger partial charge in [0.25, 0.3) is 0 Å². The summed E-state index contributed by atoms with van der Waals surface area (Å²) in [7, 11) is 2.15. The average molecular weight is 271 g/mol. The molecule has 108 valence electrons. The molecule has 1 aromatic carbocycles. The molecule has 0 atom stereocenters. The zero-order chi connectivity index (χ0) is 14.4. The highest BCUT2D eigenvalue weighted by Gasteiger charge is 2.03. The van der Waals surface area contributed by atoms with Crippen LogP contribution in [0.25, 0.3) is 10.9 Å². The summed E-state index contributed by atoms with van der Waals surface area (Å²) in [6, 6.07) is 12.5. The molecule has 0 aliphatic heterocycles. The molecule has 0 amide bonds. The van der Waals surface area contributed by atoms with E-state index < -0.39 is 0 Å². The maximum Gasteiger partial charge on any atom is 0.0705 e. The van der Waals surface area contributed by atoms with Gasteiger partial charge >= 0.3 is 0 Å². The smallest absolute Gasteiger partial charge is 0.0705 e. The number of para-hydroxylation sites is 1. The first-order chi connectivity index (χ1) is 9.65. The van der Waals surface area contributed by atoms with E-state index in [-0.39, 0.29) is 0 Å². The van der Waals surface area contributed by atoms with E-state index >= 15 is 0 Å². The van der Waals surface area contributed by atoms with Crippen molar-refractivity contribution in [1.29, 1.82) is 0 Å². The molecule has 2 aromatic rings. The van der Waals surface area contributed by atoms with Crippen LogP contribution in [0, 0.1) is 5.92 Å². The van der Waals surface area contributed by atoms with Crippen LogP contribution >= 0.6 is 0 Å². The minimum atomic E-state index is 0.711. The molecular weight excluding hydrogens is 246 g/mol. The number of hydrogen-bond acceptors (Lipinski definition) is 3. The minimum Gasteiger partial charge on any atom is -0.315 e. The van der Waals surface area contributed by atoms with Crippen molar-refractivity contribution < 1.29 is 0 Å². The molecule has 0 spiro atoms. The lowest BCUT2D eigenvalue weighted by atomic mass is 10.2. The molecule has 0 fully saturated rings. The Balaban J connectivity index is 1.84. The summed E-state index contributed by atoms with van der Waals surface area (Å²) in [5.41, 5.74) is 2.21. The van der Waals surface area contributed by atoms with Crippen molar-refractivity contribution in [1.82, 2.24) is 15.2 Å². The third-order valence-electron chi connectivity index (χ3n) is 3.31. The van der Waals surface area contributed by atoms with Crippen molar-refractivity contribution in [2.45, 2.75) is 20.4 Å². The zero-order valence-corrected chi connectivity index (χ0v) is 12.8. The van der Waals surface area contributed by atoms with Gasteiger partial charge in [-0.1, -0.05) is 38.1 Å². The van der Waals surface area contributed by atoms with Crippen LogP contribution < -0.4 is 5.32 Å². The molecule has 3 heteroatoms. The number of aromatic nitrogens is 1. The Hall–Kier alpha value is -1.45. The van der Waals surface area contributed by atoms with Gasteiger partial charge in [0.05, 0.1) is 11.2 Å². The molecule has 0 aliphatic rings. The van der Waals surface area contributed by atoms with E-state index in [9.17, 15) is 0 Å². The van der Waals surface area contributed by atoms with Gasteiger partial charge in [-0.25, -0.2) is 0 Å². The van der Waals surface area contributed by atoms with E-state index in [1.54, 1.807) is 0 Å². The summed E-state index contributed by atoms with van der Waals surface area (Å²) in [4.78, 5) is 7.02. The summed E-state index contributed by atoms with van der Waals surface area (Å²) >= 11 is 0. The lowest BCUT2D eigenvalue weighted by Crippen LogP contribution is -2.31. The largest absolute Gasteiger partial charge is 0.315 e. The van der Waals surface area contributed by atoms with Crippen molar-refractivity contribution in [2.24, 2.45) is 5.92 Å². The van der Waals surface area contributed by atoms with Gasteiger partial charge in [0, 0.05) is 25.0 Å². The molecule has 3 nitrogen and oxygen atoms in total. The van der Waals surface area contributed by atoms with Gasteiger partial charge in [-0.2, -0.15) is 0 Å². The molecule has 2 rings (SSSR count). The van der Waals surface area contributed by atoms with E-state index in [1.165, 1.54) is 5.39 Å². The predicted molar refractivity (Wildman–Crippen MR) is 85.8 cm³/mol. The Bertz CT molecular complexity index is 537. The van der Waals surface area contributed by atoms with Crippen LogP contribution in [0.15, 0.2) is 36.4 Å². The first kappa shape index (κ1) is 14.9. The molecule has 0 radical (unpaired) electrons. The molecule has 0 bridgehead atoms. The summed E-state index contributed by atoms with van der Waals surface area (Å²) in [5, 5.41) is 4.68. The molecule has 1 aromatic heterocycles. The van der Waals surface area contributed by atoms with Crippen LogP contribution in [0.3, 0.4) is 0 Å². The maximum absolute atomic E-state index is 4.71. The number of nitrogens with zero attached hydrogens (tertiary/aromatic N) is 2. The predicted octanol–water partition coefficient (Wildman–Crippen LogP) is 2.91. The Labute approximate surface area is 122 Å². The van der Waals surface area contributed by atoms with Crippen molar-refractivity contribution in [2.75, 3.05) is 26.7 Å². The quantitative estimate of drug-likeness (QED) is 0.785. The second kappa shape index (κ2) is 7.36. The van der Waals surface area contributed by atoms with E-state index in [0.29, 0.717) is 5.92 Å². The van der Waals surface area contributed by atoms with E-state index in [2.05, 4.69) is 61.4 Å². The standard InChI is InChI=1S/C17H25N3/c1-14(2)12-18-10-11-20(3)13-16-9-8-15-6-4-5-7-17(15)19-16/h4-9,14,18H,10-13H2,1-3H3. The topological polar surface area (TPSA) is 28.2 Å². The van der Waals surface area contributed by atoms with Crippen LogP contribution in [0.2, 0.25) is 0 Å². The molecule has 20 heavy (non-hydrogen) atoms. The number of pyridine rings is 1. The fourth-order valence-electron chi connectivity index (χ4n) is 2.21. The third-order valence-corrected chi connectivity index (χ3v) is 3.31. The normalized spacial score (nSPS) is 11.7. The monoisotopic (exact) mass is 271 g/mol. The summed E-state index contributed by atoms with van der Waals surface area (Å²) in [5.74, 6) is 0.711. The van der Waals surface area contributed by atoms with Crippen LogP contribution in [-0.4, -0.2) is 36.6 Å². The lowest BCUT2D eigenvalue weighted by molar-refractivity contribution is 0.318. The van der Waals surface area contributed by atoms with Crippen molar-refractivity contribution in [3.05, 3.63) is 42.1 Å². The van der Waals surface area contributed by atoms with E-state index in [0.717, 1.165) is 37.4 Å². The number of benzene rings is 1. The maximum atomic E-state index is 4.71. The molecule has 0 unspecified atom stereocenters. The summed E-state index contributed by atoms with van der Waals surface area (Å²) in [6.45, 7) is 8.52. The Kier molecular flexibility index (Phi) is 5.50. The molecule has 1 N–H and O–H groups in total. The van der Waals surface area contributed by atoms with Crippen molar-refractivity contribution in [3.8, 4) is 0 Å². The summed E-state index contributed by atoms with van der Waals surface area (Å²) < 4.78 is 0. The van der Waals surface area contributed by atoms with E-state index in [4.69, 9.17) is 4.98 Å². The first-order valence-electron chi connectivity index (χ1n) is 7.39. The number of fused-ring (bicyclic) bond motifs is 1. The lowest BCUT2D eigenvalue weighted by Gasteiger charge is -2.17. The Morgan fingerprint density at radius 1 is 1.15 bits per heavy atom. The third kappa shape index (κ3) is 4.58. The number of nitrogens with one attached hydrogen (secondary N) is 1. The summed E-state index contributed by atoms with van der Waals surface area (Å²) in [6.07, 6.45) is 0. The van der Waals surface area contributed by atoms with Crippen LogP contribution in [0.5, 0.6) is 0 Å². The Morgan fingerprint density at radius 2 is 1.95 bits per heavy atom. The highest BCUT2D eigenvalue weighted by atomic mass is 15.1. The van der Waals surface area contributed by atoms with Crippen LogP contribution in [-0.2, 0) is 6.54 Å². The van der Waals surface area contributed by atoms with Gasteiger partial charge in [-0.05, 0) is 31.6 Å².